The van der Waals surface area contributed by atoms with Gasteiger partial charge in [0, 0.05) is 19.5 Å². The summed E-state index contributed by atoms with van der Waals surface area (Å²) in [6.07, 6.45) is 3.41. The second kappa shape index (κ2) is 3.34. The van der Waals surface area contributed by atoms with Crippen LogP contribution in [-0.4, -0.2) is 23.7 Å². The van der Waals surface area contributed by atoms with Gasteiger partial charge in [0.1, 0.15) is 5.82 Å². The van der Waals surface area contributed by atoms with E-state index in [9.17, 15) is 0 Å². The van der Waals surface area contributed by atoms with Gasteiger partial charge in [0.05, 0.1) is 12.6 Å². The molecule has 0 radical (unpaired) electrons. The van der Waals surface area contributed by atoms with Gasteiger partial charge in [0.25, 0.3) is 0 Å². The third-order valence-electron chi connectivity index (χ3n) is 1.22. The second-order valence-electron chi connectivity index (χ2n) is 2.04. The van der Waals surface area contributed by atoms with Crippen LogP contribution in [0.15, 0.2) is 12.4 Å². The second-order valence-corrected chi connectivity index (χ2v) is 2.04. The largest absolute Gasteiger partial charge is 0.383 e. The summed E-state index contributed by atoms with van der Waals surface area (Å²) in [7, 11) is 1.61. The van der Waals surface area contributed by atoms with E-state index in [2.05, 4.69) is 9.97 Å². The quantitative estimate of drug-likeness (QED) is 0.625. The lowest BCUT2D eigenvalue weighted by molar-refractivity contribution is 0.178. The van der Waals surface area contributed by atoms with Crippen LogP contribution in [0, 0.1) is 0 Å². The molecule has 1 aromatic heterocycles. The van der Waals surface area contributed by atoms with Crippen LogP contribution in [0.4, 0.5) is 0 Å². The van der Waals surface area contributed by atoms with Crippen LogP contribution in [0.5, 0.6) is 0 Å². The maximum Gasteiger partial charge on any atom is 0.125 e. The van der Waals surface area contributed by atoms with Gasteiger partial charge in [-0.2, -0.15) is 0 Å². The predicted octanol–water partition coefficient (Wildman–Crippen LogP) is 0.0559. The average Bonchev–Trinajstić information content (AvgIpc) is 2.38. The lowest BCUT2D eigenvalue weighted by Gasteiger charge is -2.05. The number of nitrogens with one attached hydrogen (secondary N) is 1. The van der Waals surface area contributed by atoms with E-state index in [-0.39, 0.29) is 6.04 Å². The topological polar surface area (TPSA) is 63.9 Å². The van der Waals surface area contributed by atoms with Crippen molar-refractivity contribution in [2.45, 2.75) is 6.04 Å². The van der Waals surface area contributed by atoms with Crippen molar-refractivity contribution in [3.05, 3.63) is 18.2 Å². The zero-order chi connectivity index (χ0) is 7.40. The molecule has 1 atom stereocenters. The molecule has 4 heteroatoms. The summed E-state index contributed by atoms with van der Waals surface area (Å²) in [5.74, 6) is 0.766. The highest BCUT2D eigenvalue weighted by Crippen LogP contribution is 2.01. The van der Waals surface area contributed by atoms with Crippen molar-refractivity contribution in [2.75, 3.05) is 13.7 Å². The third-order valence-corrected chi connectivity index (χ3v) is 1.22. The van der Waals surface area contributed by atoms with Crippen LogP contribution >= 0.6 is 0 Å². The standard InChI is InChI=1S/C6H11N3O/c1-10-4-5(7)6-8-2-3-9-6/h2-3,5H,4,7H2,1H3,(H,8,9)/t5-/m0/s1. The van der Waals surface area contributed by atoms with Crippen molar-refractivity contribution in [1.82, 2.24) is 9.97 Å². The Morgan fingerprint density at radius 1 is 1.90 bits per heavy atom. The van der Waals surface area contributed by atoms with Gasteiger partial charge in [-0.15, -0.1) is 0 Å². The molecule has 0 aliphatic rings. The summed E-state index contributed by atoms with van der Waals surface area (Å²) in [4.78, 5) is 6.88. The predicted molar refractivity (Wildman–Crippen MR) is 37.4 cm³/mol. The van der Waals surface area contributed by atoms with E-state index in [1.54, 1.807) is 19.5 Å². The van der Waals surface area contributed by atoms with Crippen molar-refractivity contribution in [1.29, 1.82) is 0 Å². The first kappa shape index (κ1) is 7.24. The Balaban J connectivity index is 2.50. The molecule has 1 aromatic rings. The molecule has 0 saturated carbocycles. The maximum absolute atomic E-state index is 5.63. The lowest BCUT2D eigenvalue weighted by atomic mass is 10.3. The number of H-pyrrole nitrogens is 1. The molecule has 0 aliphatic heterocycles. The van der Waals surface area contributed by atoms with Crippen LogP contribution in [0.3, 0.4) is 0 Å². The summed E-state index contributed by atoms with van der Waals surface area (Å²) in [6.45, 7) is 0.494. The van der Waals surface area contributed by atoms with Crippen molar-refractivity contribution < 1.29 is 4.74 Å². The van der Waals surface area contributed by atoms with E-state index in [0.29, 0.717) is 6.61 Å². The summed E-state index contributed by atoms with van der Waals surface area (Å²) in [5, 5.41) is 0. The number of hydrogen-bond acceptors (Lipinski definition) is 3. The Morgan fingerprint density at radius 2 is 2.70 bits per heavy atom. The molecule has 0 saturated heterocycles. The van der Waals surface area contributed by atoms with E-state index in [0.717, 1.165) is 5.82 Å². The molecule has 1 rings (SSSR count). The van der Waals surface area contributed by atoms with Crippen LogP contribution in [0.2, 0.25) is 0 Å². The monoisotopic (exact) mass is 141 g/mol. The molecule has 3 N–H and O–H groups in total. The Morgan fingerprint density at radius 3 is 3.20 bits per heavy atom. The first-order valence-corrected chi connectivity index (χ1v) is 3.08. The number of nitrogens with two attached hydrogens (primary N) is 1. The van der Waals surface area contributed by atoms with Crippen LogP contribution in [0.1, 0.15) is 11.9 Å². The van der Waals surface area contributed by atoms with Gasteiger partial charge in [-0.25, -0.2) is 4.98 Å². The molecule has 10 heavy (non-hydrogen) atoms. The minimum Gasteiger partial charge on any atom is -0.383 e. The van der Waals surface area contributed by atoms with Gasteiger partial charge < -0.3 is 15.5 Å². The molecule has 0 amide bonds. The minimum atomic E-state index is -0.139. The molecular formula is C6H11N3O. The highest BCUT2D eigenvalue weighted by Gasteiger charge is 2.05. The Labute approximate surface area is 59.4 Å². The van der Waals surface area contributed by atoms with Crippen molar-refractivity contribution in [2.24, 2.45) is 5.73 Å². The zero-order valence-electron chi connectivity index (χ0n) is 5.87. The molecule has 1 heterocycles. The highest BCUT2D eigenvalue weighted by atomic mass is 16.5. The smallest absolute Gasteiger partial charge is 0.125 e. The number of aromatic nitrogens is 2. The lowest BCUT2D eigenvalue weighted by Crippen LogP contribution is -2.17. The summed E-state index contributed by atoms with van der Waals surface area (Å²) in [6, 6.07) is -0.139. The molecule has 0 aliphatic carbocycles. The third kappa shape index (κ3) is 1.55. The highest BCUT2D eigenvalue weighted by molar-refractivity contribution is 4.93. The van der Waals surface area contributed by atoms with Crippen molar-refractivity contribution in [3.8, 4) is 0 Å². The van der Waals surface area contributed by atoms with Gasteiger partial charge in [-0.3, -0.25) is 0 Å². The van der Waals surface area contributed by atoms with Crippen molar-refractivity contribution >= 4 is 0 Å². The number of rotatable bonds is 3. The Hall–Kier alpha value is -0.870. The van der Waals surface area contributed by atoms with Gasteiger partial charge in [0.15, 0.2) is 0 Å². The number of aromatic amines is 1. The molecule has 0 unspecified atom stereocenters. The minimum absolute atomic E-state index is 0.139. The SMILES string of the molecule is COC[C@H](N)c1ncc[nH]1. The van der Waals surface area contributed by atoms with E-state index in [1.165, 1.54) is 0 Å². The number of hydrogen-bond donors (Lipinski definition) is 2. The van der Waals surface area contributed by atoms with Gasteiger partial charge in [-0.05, 0) is 0 Å². The molecular weight excluding hydrogens is 130 g/mol. The Kier molecular flexibility index (Phi) is 2.42. The molecule has 4 nitrogen and oxygen atoms in total. The molecule has 0 aromatic carbocycles. The zero-order valence-corrected chi connectivity index (χ0v) is 5.87. The Bertz CT molecular complexity index is 173. The van der Waals surface area contributed by atoms with E-state index in [4.69, 9.17) is 10.5 Å². The van der Waals surface area contributed by atoms with Crippen LogP contribution in [0.25, 0.3) is 0 Å². The molecule has 0 spiro atoms. The first-order chi connectivity index (χ1) is 4.84. The van der Waals surface area contributed by atoms with E-state index >= 15 is 0 Å². The fourth-order valence-corrected chi connectivity index (χ4v) is 0.739. The number of nitrogens with zero attached hydrogens (tertiary/aromatic N) is 1. The van der Waals surface area contributed by atoms with Crippen LogP contribution < -0.4 is 5.73 Å². The van der Waals surface area contributed by atoms with Gasteiger partial charge >= 0.3 is 0 Å². The normalized spacial score (nSPS) is 13.4. The summed E-state index contributed by atoms with van der Waals surface area (Å²) < 4.78 is 4.84. The van der Waals surface area contributed by atoms with Crippen LogP contribution in [-0.2, 0) is 4.74 Å². The van der Waals surface area contributed by atoms with Gasteiger partial charge in [-0.1, -0.05) is 0 Å². The number of ether oxygens (including phenoxy) is 1. The summed E-state index contributed by atoms with van der Waals surface area (Å²) >= 11 is 0. The van der Waals surface area contributed by atoms with E-state index < -0.39 is 0 Å². The fourth-order valence-electron chi connectivity index (χ4n) is 0.739. The van der Waals surface area contributed by atoms with Gasteiger partial charge in [0.2, 0.25) is 0 Å². The summed E-state index contributed by atoms with van der Waals surface area (Å²) in [5.41, 5.74) is 5.63. The fraction of sp³-hybridized carbons (Fsp3) is 0.500. The molecule has 0 fully saturated rings. The maximum atomic E-state index is 5.63. The number of methoxy groups -OCH3 is 1. The first-order valence-electron chi connectivity index (χ1n) is 3.08. The molecule has 0 bridgehead atoms. The van der Waals surface area contributed by atoms with Crippen molar-refractivity contribution in [3.63, 3.8) is 0 Å². The average molecular weight is 141 g/mol. The van der Waals surface area contributed by atoms with E-state index in [1.807, 2.05) is 0 Å². The molecule has 56 valence electrons. The number of imidazole rings is 1.